The highest BCUT2D eigenvalue weighted by Crippen LogP contribution is 2.50. The van der Waals surface area contributed by atoms with Crippen LogP contribution in [0.4, 0.5) is 4.79 Å². The van der Waals surface area contributed by atoms with E-state index in [4.69, 9.17) is 18.9 Å². The zero-order chi connectivity index (χ0) is 29.9. The van der Waals surface area contributed by atoms with Crippen molar-refractivity contribution in [3.63, 3.8) is 0 Å². The molecule has 2 heterocycles. The van der Waals surface area contributed by atoms with Gasteiger partial charge < -0.3 is 29.4 Å². The molecule has 10 nitrogen and oxygen atoms in total. The average Bonchev–Trinajstić information content (AvgIpc) is 3.57. The number of rotatable bonds is 12. The van der Waals surface area contributed by atoms with Crippen LogP contribution in [0.5, 0.6) is 5.75 Å². The highest BCUT2D eigenvalue weighted by Gasteiger charge is 2.55. The van der Waals surface area contributed by atoms with Crippen LogP contribution in [-0.4, -0.2) is 81.9 Å². The predicted octanol–water partition coefficient (Wildman–Crippen LogP) is 3.44. The van der Waals surface area contributed by atoms with Gasteiger partial charge in [-0.1, -0.05) is 44.2 Å². The third-order valence-electron chi connectivity index (χ3n) is 8.57. The smallest absolute Gasteiger partial charge is 0.407 e. The molecule has 0 radical (unpaired) electrons. The fourth-order valence-corrected chi connectivity index (χ4v) is 8.13. The molecule has 2 aromatic carbocycles. The number of aliphatic hydroxyl groups excluding tert-OH is 1. The predicted molar refractivity (Wildman–Crippen MR) is 155 cm³/mol. The van der Waals surface area contributed by atoms with Gasteiger partial charge in [0.1, 0.15) is 11.9 Å². The summed E-state index contributed by atoms with van der Waals surface area (Å²) in [7, 11) is -2.42. The van der Waals surface area contributed by atoms with E-state index in [1.54, 1.807) is 12.1 Å². The quantitative estimate of drug-likeness (QED) is 0.379. The summed E-state index contributed by atoms with van der Waals surface area (Å²) in [5.41, 5.74) is 0.895. The van der Waals surface area contributed by atoms with Crippen LogP contribution < -0.4 is 10.1 Å². The Morgan fingerprint density at radius 2 is 1.83 bits per heavy atom. The summed E-state index contributed by atoms with van der Waals surface area (Å²) in [6.07, 6.45) is -0.369. The average molecular weight is 603 g/mol. The minimum Gasteiger partial charge on any atom is -0.497 e. The lowest BCUT2D eigenvalue weighted by Gasteiger charge is -2.31. The van der Waals surface area contributed by atoms with Gasteiger partial charge in [0.15, 0.2) is 6.29 Å². The number of ether oxygens (including phenoxy) is 4. The summed E-state index contributed by atoms with van der Waals surface area (Å²) < 4.78 is 51.3. The van der Waals surface area contributed by atoms with Gasteiger partial charge in [0.2, 0.25) is 10.0 Å². The number of carbonyl (C=O) groups excluding carboxylic acids is 1. The molecule has 3 aliphatic rings. The van der Waals surface area contributed by atoms with Crippen LogP contribution in [0.1, 0.15) is 32.3 Å². The first kappa shape index (κ1) is 30.7. The number of alkyl carbamates (subject to hydrolysis) is 1. The van der Waals surface area contributed by atoms with Gasteiger partial charge >= 0.3 is 6.09 Å². The Morgan fingerprint density at radius 3 is 2.52 bits per heavy atom. The molecule has 3 fully saturated rings. The van der Waals surface area contributed by atoms with E-state index < -0.39 is 28.3 Å². The molecule has 7 atom stereocenters. The van der Waals surface area contributed by atoms with Crippen molar-refractivity contribution in [2.45, 2.75) is 62.5 Å². The summed E-state index contributed by atoms with van der Waals surface area (Å²) in [4.78, 5) is 13.4. The molecule has 2 aromatic rings. The third kappa shape index (κ3) is 6.92. The maximum absolute atomic E-state index is 13.7. The van der Waals surface area contributed by atoms with Gasteiger partial charge in [-0.15, -0.1) is 0 Å². The zero-order valence-corrected chi connectivity index (χ0v) is 25.2. The molecule has 2 N–H and O–H groups in total. The van der Waals surface area contributed by atoms with Gasteiger partial charge in [0.25, 0.3) is 0 Å². The third-order valence-corrected chi connectivity index (χ3v) is 10.4. The number of hydrogen-bond donors (Lipinski definition) is 2. The Kier molecular flexibility index (Phi) is 9.74. The minimum absolute atomic E-state index is 0.00283. The van der Waals surface area contributed by atoms with Crippen LogP contribution in [0.15, 0.2) is 59.5 Å². The lowest BCUT2D eigenvalue weighted by Crippen LogP contribution is -2.51. The first-order valence-electron chi connectivity index (χ1n) is 14.7. The fraction of sp³-hybridized carbons (Fsp3) is 0.581. The Bertz CT molecular complexity index is 1290. The second-order valence-electron chi connectivity index (χ2n) is 11.9. The van der Waals surface area contributed by atoms with Gasteiger partial charge in [-0.05, 0) is 60.9 Å². The fourth-order valence-electron chi connectivity index (χ4n) is 6.51. The van der Waals surface area contributed by atoms with Crippen LogP contribution in [0.25, 0.3) is 0 Å². The van der Waals surface area contributed by atoms with Crippen molar-refractivity contribution in [2.75, 3.05) is 33.4 Å². The van der Waals surface area contributed by atoms with E-state index in [1.807, 2.05) is 44.2 Å². The van der Waals surface area contributed by atoms with E-state index in [1.165, 1.54) is 23.5 Å². The van der Waals surface area contributed by atoms with E-state index in [2.05, 4.69) is 5.32 Å². The number of carbonyl (C=O) groups is 1. The molecule has 230 valence electrons. The monoisotopic (exact) mass is 602 g/mol. The standard InChI is InChI=1S/C31H42N2O8S/c1-20(2)17-33(42(36,37)24-11-9-23(38-3)10-12-24)18-27(34)26(15-21-7-5-4-6-8-21)32-31(35)41-28-16-22-13-14-39-30-29(22)25(28)19-40-30/h4-12,20,22,25-30,34H,13-19H2,1-3H3,(H,32,35)/t22?,25?,26-,27+,28-,29+,30-/m0/s1. The van der Waals surface area contributed by atoms with E-state index >= 15 is 0 Å². The van der Waals surface area contributed by atoms with Crippen molar-refractivity contribution in [1.82, 2.24) is 9.62 Å². The highest BCUT2D eigenvalue weighted by atomic mass is 32.2. The Hall–Kier alpha value is -2.70. The van der Waals surface area contributed by atoms with E-state index in [9.17, 15) is 18.3 Å². The van der Waals surface area contributed by atoms with Gasteiger partial charge in [-0.3, -0.25) is 0 Å². The largest absolute Gasteiger partial charge is 0.497 e. The Labute approximate surface area is 248 Å². The minimum atomic E-state index is -3.94. The lowest BCUT2D eigenvalue weighted by molar-refractivity contribution is -0.164. The summed E-state index contributed by atoms with van der Waals surface area (Å²) in [5, 5.41) is 14.4. The normalized spacial score (nSPS) is 26.6. The topological polar surface area (TPSA) is 124 Å². The molecule has 2 saturated heterocycles. The van der Waals surface area contributed by atoms with Gasteiger partial charge in [-0.25, -0.2) is 13.2 Å². The van der Waals surface area contributed by atoms with E-state index in [0.717, 1.165) is 18.4 Å². The Morgan fingerprint density at radius 1 is 1.10 bits per heavy atom. The molecule has 11 heteroatoms. The van der Waals surface area contributed by atoms with Crippen LogP contribution in [0.2, 0.25) is 0 Å². The maximum Gasteiger partial charge on any atom is 0.407 e. The molecule has 1 aliphatic carbocycles. The van der Waals surface area contributed by atoms with Crippen molar-refractivity contribution < 1.29 is 37.3 Å². The molecule has 1 amide bonds. The number of nitrogens with one attached hydrogen (secondary N) is 1. The highest BCUT2D eigenvalue weighted by molar-refractivity contribution is 7.89. The molecular weight excluding hydrogens is 560 g/mol. The number of benzene rings is 2. The van der Waals surface area contributed by atoms with Crippen molar-refractivity contribution >= 4 is 16.1 Å². The number of aliphatic hydroxyl groups is 1. The zero-order valence-electron chi connectivity index (χ0n) is 24.4. The van der Waals surface area contributed by atoms with Gasteiger partial charge in [0.05, 0.1) is 37.4 Å². The lowest BCUT2D eigenvalue weighted by atomic mass is 9.87. The molecule has 0 bridgehead atoms. The molecule has 2 unspecified atom stereocenters. The number of amides is 1. The van der Waals surface area contributed by atoms with Crippen molar-refractivity contribution in [2.24, 2.45) is 23.7 Å². The van der Waals surface area contributed by atoms with Crippen molar-refractivity contribution in [3.05, 3.63) is 60.2 Å². The number of hydrogen-bond acceptors (Lipinski definition) is 8. The molecular formula is C31H42N2O8S. The first-order chi connectivity index (χ1) is 20.2. The van der Waals surface area contributed by atoms with Gasteiger partial charge in [0, 0.05) is 24.9 Å². The van der Waals surface area contributed by atoms with Crippen molar-refractivity contribution in [1.29, 1.82) is 0 Å². The van der Waals surface area contributed by atoms with Crippen LogP contribution in [0.3, 0.4) is 0 Å². The number of sulfonamides is 1. The van der Waals surface area contributed by atoms with Gasteiger partial charge in [-0.2, -0.15) is 4.31 Å². The maximum atomic E-state index is 13.7. The summed E-state index contributed by atoms with van der Waals surface area (Å²) in [6, 6.07) is 14.9. The van der Waals surface area contributed by atoms with Crippen LogP contribution in [0, 0.1) is 23.7 Å². The van der Waals surface area contributed by atoms with E-state index in [-0.39, 0.29) is 48.1 Å². The van der Waals surface area contributed by atoms with Crippen LogP contribution >= 0.6 is 0 Å². The molecule has 0 spiro atoms. The molecule has 1 saturated carbocycles. The summed E-state index contributed by atoms with van der Waals surface area (Å²) in [5.74, 6) is 1.26. The second kappa shape index (κ2) is 13.3. The second-order valence-corrected chi connectivity index (χ2v) is 13.9. The summed E-state index contributed by atoms with van der Waals surface area (Å²) >= 11 is 0. The SMILES string of the molecule is COc1ccc(S(=O)(=O)N(CC(C)C)C[C@@H](O)[C@H](Cc2ccccc2)NC(=O)O[C@H]2CC3CCO[C@H]4OCC2[C@@H]34)cc1. The van der Waals surface area contributed by atoms with Crippen LogP contribution in [-0.2, 0) is 30.7 Å². The number of methoxy groups -OCH3 is 1. The summed E-state index contributed by atoms with van der Waals surface area (Å²) in [6.45, 7) is 4.97. The molecule has 0 aromatic heterocycles. The number of nitrogens with zero attached hydrogens (tertiary/aromatic N) is 1. The molecule has 42 heavy (non-hydrogen) atoms. The first-order valence-corrected chi connectivity index (χ1v) is 16.2. The Balaban J connectivity index is 1.31. The van der Waals surface area contributed by atoms with Crippen molar-refractivity contribution in [3.8, 4) is 5.75 Å². The molecule has 2 aliphatic heterocycles. The van der Waals surface area contributed by atoms with E-state index in [0.29, 0.717) is 31.3 Å². The molecule has 5 rings (SSSR count).